The molecule has 0 atom stereocenters. The number of carbonyl (C=O) groups excluding carboxylic acids is 2. The highest BCUT2D eigenvalue weighted by Crippen LogP contribution is 2.48. The Labute approximate surface area is 273 Å². The van der Waals surface area contributed by atoms with E-state index >= 15 is 0 Å². The number of carboxylic acids is 1. The van der Waals surface area contributed by atoms with Gasteiger partial charge in [0.15, 0.2) is 0 Å². The third-order valence-electron chi connectivity index (χ3n) is 9.95. The van der Waals surface area contributed by atoms with Crippen molar-refractivity contribution >= 4 is 40.4 Å². The first-order valence-corrected chi connectivity index (χ1v) is 16.5. The summed E-state index contributed by atoms with van der Waals surface area (Å²) in [5.41, 5.74) is 5.21. The Kier molecular flexibility index (Phi) is 8.22. The average Bonchev–Trinajstić information content (AvgIpc) is 3.26. The van der Waals surface area contributed by atoms with E-state index in [0.29, 0.717) is 48.7 Å². The summed E-state index contributed by atoms with van der Waals surface area (Å²) in [6, 6.07) is 18.9. The van der Waals surface area contributed by atoms with E-state index in [1.165, 1.54) is 36.3 Å². The van der Waals surface area contributed by atoms with Gasteiger partial charge >= 0.3 is 5.97 Å². The molecule has 4 aromatic rings. The average molecular weight is 634 g/mol. The number of benzene rings is 3. The molecule has 3 aromatic carbocycles. The highest BCUT2D eigenvalue weighted by Gasteiger charge is 2.45. The van der Waals surface area contributed by atoms with E-state index in [2.05, 4.69) is 27.3 Å². The standard InChI is InChI=1S/C38H39N3O6/c1-46-28-13-15-30-32(23-28)47-20-19-41-31-22-26(12-14-29(31)34(35(30)41)25-8-3-2-4-9-25)36(44)40-38(17-6-18-38)37(45)39-27-10-5-7-24(21-27)11-16-33(42)43/h5,7,10-16,21-23,25H,2-4,6,8-9,17-20H2,1H3,(H,39,45)(H,40,44)(H,42,43). The Balaban J connectivity index is 1.21. The van der Waals surface area contributed by atoms with E-state index in [0.717, 1.165) is 53.6 Å². The molecule has 2 saturated carbocycles. The monoisotopic (exact) mass is 633 g/mol. The highest BCUT2D eigenvalue weighted by molar-refractivity contribution is 6.06. The van der Waals surface area contributed by atoms with Gasteiger partial charge in [0.25, 0.3) is 5.91 Å². The fourth-order valence-electron chi connectivity index (χ4n) is 7.40. The molecule has 7 rings (SSSR count). The quantitative estimate of drug-likeness (QED) is 0.178. The van der Waals surface area contributed by atoms with Gasteiger partial charge in [0.2, 0.25) is 5.91 Å². The first-order valence-electron chi connectivity index (χ1n) is 16.5. The molecule has 2 fully saturated rings. The molecule has 3 aliphatic rings. The fourth-order valence-corrected chi connectivity index (χ4v) is 7.40. The van der Waals surface area contributed by atoms with Gasteiger partial charge in [0, 0.05) is 39.9 Å². The number of hydrogen-bond acceptors (Lipinski definition) is 5. The van der Waals surface area contributed by atoms with Crippen LogP contribution in [0.4, 0.5) is 5.69 Å². The second-order valence-electron chi connectivity index (χ2n) is 12.8. The minimum absolute atomic E-state index is 0.280. The number of nitrogens with zero attached hydrogens (tertiary/aromatic N) is 1. The van der Waals surface area contributed by atoms with Crippen LogP contribution >= 0.6 is 0 Å². The van der Waals surface area contributed by atoms with Crippen LogP contribution in [-0.4, -0.2) is 46.7 Å². The lowest BCUT2D eigenvalue weighted by atomic mass is 9.75. The number of aliphatic carboxylic acids is 1. The van der Waals surface area contributed by atoms with Gasteiger partial charge in [-0.3, -0.25) is 9.59 Å². The molecule has 0 unspecified atom stereocenters. The number of anilines is 1. The number of methoxy groups -OCH3 is 1. The molecule has 0 radical (unpaired) electrons. The Hall–Kier alpha value is -5.05. The van der Waals surface area contributed by atoms with Crippen LogP contribution in [0.5, 0.6) is 11.5 Å². The van der Waals surface area contributed by atoms with E-state index in [4.69, 9.17) is 14.6 Å². The van der Waals surface area contributed by atoms with Crippen molar-refractivity contribution in [1.29, 1.82) is 0 Å². The van der Waals surface area contributed by atoms with Crippen molar-refractivity contribution in [3.05, 3.63) is 83.4 Å². The van der Waals surface area contributed by atoms with Crippen molar-refractivity contribution in [1.82, 2.24) is 9.88 Å². The van der Waals surface area contributed by atoms with Gasteiger partial charge in [-0.15, -0.1) is 0 Å². The molecular weight excluding hydrogens is 594 g/mol. The van der Waals surface area contributed by atoms with E-state index in [1.54, 1.807) is 31.4 Å². The van der Waals surface area contributed by atoms with Gasteiger partial charge in [-0.25, -0.2) is 4.79 Å². The third-order valence-corrected chi connectivity index (χ3v) is 9.95. The summed E-state index contributed by atoms with van der Waals surface area (Å²) in [5.74, 6) is 0.373. The molecule has 2 heterocycles. The Morgan fingerprint density at radius 2 is 1.83 bits per heavy atom. The van der Waals surface area contributed by atoms with Crippen molar-refractivity contribution in [3.8, 4) is 22.8 Å². The smallest absolute Gasteiger partial charge is 0.328 e. The van der Waals surface area contributed by atoms with Crippen molar-refractivity contribution in [2.75, 3.05) is 19.0 Å². The zero-order valence-electron chi connectivity index (χ0n) is 26.5. The lowest BCUT2D eigenvalue weighted by Gasteiger charge is -2.40. The number of carboxylic acid groups (broad SMARTS) is 1. The van der Waals surface area contributed by atoms with Crippen LogP contribution in [0.1, 0.15) is 78.8 Å². The summed E-state index contributed by atoms with van der Waals surface area (Å²) < 4.78 is 14.1. The molecule has 1 aromatic heterocycles. The molecule has 3 N–H and O–H groups in total. The predicted molar refractivity (Wildman–Crippen MR) is 181 cm³/mol. The molecule has 0 bridgehead atoms. The summed E-state index contributed by atoms with van der Waals surface area (Å²) in [6.07, 6.45) is 10.4. The zero-order chi connectivity index (χ0) is 32.5. The van der Waals surface area contributed by atoms with Crippen LogP contribution in [-0.2, 0) is 16.1 Å². The maximum absolute atomic E-state index is 13.9. The fraction of sp³-hybridized carbons (Fsp3) is 0.342. The van der Waals surface area contributed by atoms with Gasteiger partial charge in [0.1, 0.15) is 23.6 Å². The van der Waals surface area contributed by atoms with Crippen molar-refractivity contribution in [2.45, 2.75) is 69.4 Å². The summed E-state index contributed by atoms with van der Waals surface area (Å²) in [6.45, 7) is 1.14. The van der Waals surface area contributed by atoms with Crippen LogP contribution in [0.3, 0.4) is 0 Å². The molecular formula is C38H39N3O6. The molecule has 47 heavy (non-hydrogen) atoms. The Morgan fingerprint density at radius 1 is 1.00 bits per heavy atom. The van der Waals surface area contributed by atoms with Crippen LogP contribution in [0.15, 0.2) is 66.7 Å². The highest BCUT2D eigenvalue weighted by atomic mass is 16.5. The van der Waals surface area contributed by atoms with E-state index < -0.39 is 11.5 Å². The number of amides is 2. The maximum atomic E-state index is 13.9. The molecule has 9 nitrogen and oxygen atoms in total. The molecule has 2 aliphatic carbocycles. The number of rotatable bonds is 8. The molecule has 2 amide bonds. The summed E-state index contributed by atoms with van der Waals surface area (Å²) in [7, 11) is 1.66. The molecule has 9 heteroatoms. The number of aromatic nitrogens is 1. The number of nitrogens with one attached hydrogen (secondary N) is 2. The largest absolute Gasteiger partial charge is 0.497 e. The van der Waals surface area contributed by atoms with Gasteiger partial charge in [0.05, 0.1) is 19.3 Å². The van der Waals surface area contributed by atoms with E-state index in [1.807, 2.05) is 24.3 Å². The van der Waals surface area contributed by atoms with Crippen LogP contribution in [0.2, 0.25) is 0 Å². The molecule has 1 aliphatic heterocycles. The first-order chi connectivity index (χ1) is 22.8. The molecule has 0 saturated heterocycles. The van der Waals surface area contributed by atoms with Crippen molar-refractivity contribution in [3.63, 3.8) is 0 Å². The van der Waals surface area contributed by atoms with Crippen LogP contribution in [0, 0.1) is 0 Å². The van der Waals surface area contributed by atoms with Gasteiger partial charge in [-0.05, 0) is 91.6 Å². The summed E-state index contributed by atoms with van der Waals surface area (Å²) in [5, 5.41) is 16.1. The number of carbonyl (C=O) groups is 3. The Morgan fingerprint density at radius 3 is 2.57 bits per heavy atom. The number of hydrogen-bond donors (Lipinski definition) is 3. The zero-order valence-corrected chi connectivity index (χ0v) is 26.5. The van der Waals surface area contributed by atoms with Gasteiger partial charge in [-0.1, -0.05) is 37.5 Å². The van der Waals surface area contributed by atoms with Crippen LogP contribution < -0.4 is 20.1 Å². The third kappa shape index (κ3) is 5.86. The van der Waals surface area contributed by atoms with Gasteiger partial charge < -0.3 is 29.8 Å². The number of fused-ring (bicyclic) bond motifs is 5. The second-order valence-corrected chi connectivity index (χ2v) is 12.8. The minimum Gasteiger partial charge on any atom is -0.497 e. The maximum Gasteiger partial charge on any atom is 0.328 e. The van der Waals surface area contributed by atoms with Crippen LogP contribution in [0.25, 0.3) is 28.2 Å². The predicted octanol–water partition coefficient (Wildman–Crippen LogP) is 7.15. The number of ether oxygens (including phenoxy) is 2. The topological polar surface area (TPSA) is 119 Å². The summed E-state index contributed by atoms with van der Waals surface area (Å²) in [4.78, 5) is 38.4. The minimum atomic E-state index is -1.05. The molecule has 0 spiro atoms. The SMILES string of the molecule is COc1ccc2c(c1)OCCn1c-2c(C2CCCCC2)c2ccc(C(=O)NC3(C(=O)Nc4cccc(C=CC(=O)O)c4)CCC3)cc21. The lowest BCUT2D eigenvalue weighted by Crippen LogP contribution is -2.61. The summed E-state index contributed by atoms with van der Waals surface area (Å²) >= 11 is 0. The Bertz CT molecular complexity index is 1900. The first kappa shape index (κ1) is 30.6. The second kappa shape index (κ2) is 12.6. The van der Waals surface area contributed by atoms with Crippen molar-refractivity contribution in [2.24, 2.45) is 0 Å². The lowest BCUT2D eigenvalue weighted by molar-refractivity contribution is -0.131. The van der Waals surface area contributed by atoms with E-state index in [9.17, 15) is 14.4 Å². The van der Waals surface area contributed by atoms with Gasteiger partial charge in [-0.2, -0.15) is 0 Å². The van der Waals surface area contributed by atoms with Crippen molar-refractivity contribution < 1.29 is 29.0 Å². The van der Waals surface area contributed by atoms with E-state index in [-0.39, 0.29) is 11.8 Å². The normalized spacial score (nSPS) is 17.1. The molecule has 242 valence electrons.